The van der Waals surface area contributed by atoms with Crippen LogP contribution in [0.4, 0.5) is 0 Å². The zero-order chi connectivity index (χ0) is 10.0. The van der Waals surface area contributed by atoms with Crippen molar-refractivity contribution in [2.45, 2.75) is 33.1 Å². The highest BCUT2D eigenvalue weighted by Gasteiger charge is 2.46. The molecule has 1 heterocycles. The van der Waals surface area contributed by atoms with Gasteiger partial charge in [-0.2, -0.15) is 0 Å². The van der Waals surface area contributed by atoms with Gasteiger partial charge in [0.2, 0.25) is 0 Å². The first kappa shape index (κ1) is 10.4. The fourth-order valence-electron chi connectivity index (χ4n) is 2.91. The second kappa shape index (κ2) is 4.19. The van der Waals surface area contributed by atoms with E-state index in [1.807, 2.05) is 0 Å². The fourth-order valence-corrected chi connectivity index (χ4v) is 2.91. The molecule has 1 saturated carbocycles. The minimum absolute atomic E-state index is 0.698. The molecule has 1 aliphatic heterocycles. The van der Waals surface area contributed by atoms with Gasteiger partial charge in [-0.3, -0.25) is 0 Å². The van der Waals surface area contributed by atoms with Gasteiger partial charge in [-0.25, -0.2) is 0 Å². The van der Waals surface area contributed by atoms with E-state index in [1.165, 1.54) is 45.4 Å². The first-order chi connectivity index (χ1) is 6.73. The van der Waals surface area contributed by atoms with Crippen LogP contribution in [0.3, 0.4) is 0 Å². The number of nitrogens with one attached hydrogen (secondary N) is 2. The second-order valence-electron chi connectivity index (χ2n) is 5.60. The van der Waals surface area contributed by atoms with Crippen molar-refractivity contribution in [1.82, 2.24) is 10.6 Å². The molecule has 0 bridgehead atoms. The van der Waals surface area contributed by atoms with Crippen molar-refractivity contribution in [2.24, 2.45) is 17.3 Å². The Morgan fingerprint density at radius 3 is 2.79 bits per heavy atom. The lowest BCUT2D eigenvalue weighted by molar-refractivity contribution is 0.0967. The van der Waals surface area contributed by atoms with Gasteiger partial charge in [0.25, 0.3) is 0 Å². The molecule has 2 aliphatic rings. The van der Waals surface area contributed by atoms with Gasteiger partial charge in [-0.05, 0) is 49.7 Å². The minimum atomic E-state index is 0.698. The summed E-state index contributed by atoms with van der Waals surface area (Å²) >= 11 is 0. The van der Waals surface area contributed by atoms with E-state index in [9.17, 15) is 0 Å². The topological polar surface area (TPSA) is 24.1 Å². The van der Waals surface area contributed by atoms with E-state index < -0.39 is 0 Å². The van der Waals surface area contributed by atoms with E-state index in [2.05, 4.69) is 24.5 Å². The highest BCUT2D eigenvalue weighted by Crippen LogP contribution is 2.48. The van der Waals surface area contributed by atoms with Crippen molar-refractivity contribution >= 4 is 0 Å². The maximum Gasteiger partial charge on any atom is 0.00116 e. The highest BCUT2D eigenvalue weighted by molar-refractivity contribution is 5.00. The molecule has 1 atom stereocenters. The van der Waals surface area contributed by atoms with E-state index in [0.717, 1.165) is 11.8 Å². The highest BCUT2D eigenvalue weighted by atomic mass is 15.0. The van der Waals surface area contributed by atoms with Crippen molar-refractivity contribution in [3.8, 4) is 0 Å². The Kier molecular flexibility index (Phi) is 3.13. The first-order valence-electron chi connectivity index (χ1n) is 6.14. The van der Waals surface area contributed by atoms with Gasteiger partial charge >= 0.3 is 0 Å². The minimum Gasteiger partial charge on any atom is -0.316 e. The van der Waals surface area contributed by atoms with Crippen molar-refractivity contribution in [1.29, 1.82) is 0 Å². The van der Waals surface area contributed by atoms with Gasteiger partial charge in [0.05, 0.1) is 0 Å². The Morgan fingerprint density at radius 1 is 1.43 bits per heavy atom. The molecule has 1 saturated heterocycles. The Labute approximate surface area is 87.8 Å². The molecule has 2 rings (SSSR count). The summed E-state index contributed by atoms with van der Waals surface area (Å²) in [6, 6.07) is 0. The van der Waals surface area contributed by atoms with Crippen molar-refractivity contribution in [2.75, 3.05) is 26.2 Å². The standard InChI is InChI=1S/C12H24N2/c1-10(2)6-13-7-11-8-14-9-12(11)4-3-5-12/h10-11,13-14H,3-9H2,1-2H3. The molecular formula is C12H24N2. The summed E-state index contributed by atoms with van der Waals surface area (Å²) in [7, 11) is 0. The van der Waals surface area contributed by atoms with Crippen LogP contribution in [-0.4, -0.2) is 26.2 Å². The summed E-state index contributed by atoms with van der Waals surface area (Å²) in [6.45, 7) is 9.47. The van der Waals surface area contributed by atoms with Gasteiger partial charge in [0, 0.05) is 6.54 Å². The Balaban J connectivity index is 1.74. The maximum atomic E-state index is 3.61. The average molecular weight is 196 g/mol. The molecule has 14 heavy (non-hydrogen) atoms. The van der Waals surface area contributed by atoms with Gasteiger partial charge in [0.1, 0.15) is 0 Å². The fraction of sp³-hybridized carbons (Fsp3) is 1.00. The lowest BCUT2D eigenvalue weighted by Gasteiger charge is -2.43. The van der Waals surface area contributed by atoms with Gasteiger partial charge in [0.15, 0.2) is 0 Å². The van der Waals surface area contributed by atoms with Crippen LogP contribution >= 0.6 is 0 Å². The van der Waals surface area contributed by atoms with Gasteiger partial charge < -0.3 is 10.6 Å². The first-order valence-corrected chi connectivity index (χ1v) is 6.14. The molecule has 2 N–H and O–H groups in total. The summed E-state index contributed by atoms with van der Waals surface area (Å²) in [4.78, 5) is 0. The third kappa shape index (κ3) is 1.96. The smallest absolute Gasteiger partial charge is 0.00116 e. The van der Waals surface area contributed by atoms with Crippen LogP contribution in [0, 0.1) is 17.3 Å². The molecule has 2 heteroatoms. The predicted octanol–water partition coefficient (Wildman–Crippen LogP) is 1.62. The summed E-state index contributed by atoms with van der Waals surface area (Å²) in [5.74, 6) is 1.68. The Hall–Kier alpha value is -0.0800. The van der Waals surface area contributed by atoms with Crippen LogP contribution in [-0.2, 0) is 0 Å². The SMILES string of the molecule is CC(C)CNCC1CNCC12CCC2. The molecule has 1 aliphatic carbocycles. The van der Waals surface area contributed by atoms with Crippen molar-refractivity contribution in [3.05, 3.63) is 0 Å². The summed E-state index contributed by atoms with van der Waals surface area (Å²) < 4.78 is 0. The summed E-state index contributed by atoms with van der Waals surface area (Å²) in [5, 5.41) is 7.17. The van der Waals surface area contributed by atoms with Gasteiger partial charge in [-0.1, -0.05) is 20.3 Å². The third-order valence-corrected chi connectivity index (χ3v) is 4.03. The molecule has 2 nitrogen and oxygen atoms in total. The number of hydrogen-bond acceptors (Lipinski definition) is 2. The van der Waals surface area contributed by atoms with Crippen LogP contribution in [0.5, 0.6) is 0 Å². The lowest BCUT2D eigenvalue weighted by atomic mass is 9.63. The average Bonchev–Trinajstić information content (AvgIpc) is 2.46. The normalized spacial score (nSPS) is 29.8. The zero-order valence-corrected chi connectivity index (χ0v) is 9.60. The van der Waals surface area contributed by atoms with Crippen LogP contribution in [0.25, 0.3) is 0 Å². The lowest BCUT2D eigenvalue weighted by Crippen LogP contribution is -2.42. The van der Waals surface area contributed by atoms with E-state index in [-0.39, 0.29) is 0 Å². The molecule has 0 radical (unpaired) electrons. The van der Waals surface area contributed by atoms with E-state index in [1.54, 1.807) is 0 Å². The number of rotatable bonds is 4. The molecular weight excluding hydrogens is 172 g/mol. The van der Waals surface area contributed by atoms with Crippen molar-refractivity contribution < 1.29 is 0 Å². The van der Waals surface area contributed by atoms with Crippen LogP contribution in [0.15, 0.2) is 0 Å². The molecule has 82 valence electrons. The predicted molar refractivity (Wildman–Crippen MR) is 60.4 cm³/mol. The van der Waals surface area contributed by atoms with Gasteiger partial charge in [-0.15, -0.1) is 0 Å². The van der Waals surface area contributed by atoms with Crippen LogP contribution < -0.4 is 10.6 Å². The monoisotopic (exact) mass is 196 g/mol. The molecule has 0 amide bonds. The molecule has 0 aromatic carbocycles. The molecule has 0 aromatic rings. The summed E-state index contributed by atoms with van der Waals surface area (Å²) in [6.07, 6.45) is 4.39. The quantitative estimate of drug-likeness (QED) is 0.714. The van der Waals surface area contributed by atoms with E-state index in [4.69, 9.17) is 0 Å². The zero-order valence-electron chi connectivity index (χ0n) is 9.60. The third-order valence-electron chi connectivity index (χ3n) is 4.03. The number of hydrogen-bond donors (Lipinski definition) is 2. The molecule has 0 aromatic heterocycles. The second-order valence-corrected chi connectivity index (χ2v) is 5.60. The molecule has 2 fully saturated rings. The summed E-state index contributed by atoms with van der Waals surface area (Å²) in [5.41, 5.74) is 0.698. The van der Waals surface area contributed by atoms with Crippen LogP contribution in [0.2, 0.25) is 0 Å². The van der Waals surface area contributed by atoms with Crippen LogP contribution in [0.1, 0.15) is 33.1 Å². The molecule has 1 unspecified atom stereocenters. The largest absolute Gasteiger partial charge is 0.316 e. The van der Waals surface area contributed by atoms with Crippen molar-refractivity contribution in [3.63, 3.8) is 0 Å². The Morgan fingerprint density at radius 2 is 2.21 bits per heavy atom. The molecule has 1 spiro atoms. The van der Waals surface area contributed by atoms with E-state index in [0.29, 0.717) is 5.41 Å². The maximum absolute atomic E-state index is 3.61. The Bertz CT molecular complexity index is 185. The van der Waals surface area contributed by atoms with E-state index >= 15 is 0 Å².